The Labute approximate surface area is 113 Å². The van der Waals surface area contributed by atoms with Gasteiger partial charge < -0.3 is 5.32 Å². The first-order valence-electron chi connectivity index (χ1n) is 7.36. The second-order valence-corrected chi connectivity index (χ2v) is 5.71. The highest BCUT2D eigenvalue weighted by atomic mass is 14.9. The Morgan fingerprint density at radius 2 is 1.67 bits per heavy atom. The van der Waals surface area contributed by atoms with Crippen LogP contribution in [-0.2, 0) is 6.42 Å². The lowest BCUT2D eigenvalue weighted by Gasteiger charge is -2.27. The van der Waals surface area contributed by atoms with E-state index in [0.717, 1.165) is 0 Å². The van der Waals surface area contributed by atoms with E-state index in [1.54, 1.807) is 0 Å². The monoisotopic (exact) mass is 247 g/mol. The molecule has 0 radical (unpaired) electrons. The molecule has 1 rings (SSSR count). The van der Waals surface area contributed by atoms with Crippen molar-refractivity contribution in [3.8, 4) is 0 Å². The average molecular weight is 247 g/mol. The summed E-state index contributed by atoms with van der Waals surface area (Å²) in [4.78, 5) is 0. The average Bonchev–Trinajstić information content (AvgIpc) is 2.38. The fraction of sp³-hybridized carbons (Fsp3) is 0.647. The second kappa shape index (κ2) is 7.58. The van der Waals surface area contributed by atoms with Crippen LogP contribution in [0.25, 0.3) is 0 Å². The van der Waals surface area contributed by atoms with Gasteiger partial charge in [-0.1, -0.05) is 58.4 Å². The van der Waals surface area contributed by atoms with Crippen LogP contribution in [-0.4, -0.2) is 7.05 Å². The van der Waals surface area contributed by atoms with Gasteiger partial charge in [-0.2, -0.15) is 0 Å². The highest BCUT2D eigenvalue weighted by Gasteiger charge is 2.19. The smallest absolute Gasteiger partial charge is 0.0345 e. The molecule has 0 aliphatic carbocycles. The molecule has 0 bridgehead atoms. The Morgan fingerprint density at radius 1 is 1.06 bits per heavy atom. The third-order valence-corrected chi connectivity index (χ3v) is 4.05. The molecule has 1 N–H and O–H groups in total. The van der Waals surface area contributed by atoms with E-state index in [9.17, 15) is 0 Å². The first-order chi connectivity index (χ1) is 8.60. The van der Waals surface area contributed by atoms with Crippen molar-refractivity contribution in [1.82, 2.24) is 5.32 Å². The van der Waals surface area contributed by atoms with Gasteiger partial charge in [-0.25, -0.2) is 0 Å². The molecular weight excluding hydrogens is 218 g/mol. The van der Waals surface area contributed by atoms with Crippen LogP contribution in [0.2, 0.25) is 0 Å². The van der Waals surface area contributed by atoms with Gasteiger partial charge in [0.25, 0.3) is 0 Å². The van der Waals surface area contributed by atoms with Gasteiger partial charge >= 0.3 is 0 Å². The third-order valence-electron chi connectivity index (χ3n) is 4.05. The van der Waals surface area contributed by atoms with Crippen LogP contribution in [0, 0.1) is 11.8 Å². The van der Waals surface area contributed by atoms with Crippen molar-refractivity contribution in [2.24, 2.45) is 11.8 Å². The maximum absolute atomic E-state index is 3.46. The fourth-order valence-electron chi connectivity index (χ4n) is 2.39. The van der Waals surface area contributed by atoms with E-state index in [1.165, 1.54) is 30.4 Å². The van der Waals surface area contributed by atoms with Crippen LogP contribution in [0.3, 0.4) is 0 Å². The van der Waals surface area contributed by atoms with E-state index in [0.29, 0.717) is 17.9 Å². The predicted molar refractivity (Wildman–Crippen MR) is 80.9 cm³/mol. The Bertz CT molecular complexity index is 326. The summed E-state index contributed by atoms with van der Waals surface area (Å²) in [7, 11) is 2.06. The van der Waals surface area contributed by atoms with Crippen LogP contribution in [0.5, 0.6) is 0 Å². The molecule has 1 heteroatoms. The number of benzene rings is 1. The zero-order valence-corrected chi connectivity index (χ0v) is 12.7. The predicted octanol–water partition coefficient (Wildman–Crippen LogP) is 4.58. The van der Waals surface area contributed by atoms with E-state index in [1.807, 2.05) is 0 Å². The first-order valence-corrected chi connectivity index (χ1v) is 7.36. The summed E-state index contributed by atoms with van der Waals surface area (Å²) in [6.07, 6.45) is 3.77. The van der Waals surface area contributed by atoms with Gasteiger partial charge in [0.15, 0.2) is 0 Å². The second-order valence-electron chi connectivity index (χ2n) is 5.71. The van der Waals surface area contributed by atoms with Gasteiger partial charge in [0, 0.05) is 6.04 Å². The summed E-state index contributed by atoms with van der Waals surface area (Å²) < 4.78 is 0. The molecule has 2 unspecified atom stereocenters. The molecule has 1 aromatic carbocycles. The van der Waals surface area contributed by atoms with E-state index >= 15 is 0 Å². The Morgan fingerprint density at radius 3 is 2.11 bits per heavy atom. The van der Waals surface area contributed by atoms with Gasteiger partial charge in [0.2, 0.25) is 0 Å². The maximum Gasteiger partial charge on any atom is 0.0345 e. The maximum atomic E-state index is 3.46. The van der Waals surface area contributed by atoms with Crippen LogP contribution < -0.4 is 5.32 Å². The SMILES string of the molecule is CCCCc1ccc(C(NC)C(C)C(C)C)cc1. The number of nitrogens with one attached hydrogen (secondary N) is 1. The van der Waals surface area contributed by atoms with E-state index in [4.69, 9.17) is 0 Å². The van der Waals surface area contributed by atoms with E-state index in [2.05, 4.69) is 64.3 Å². The Balaban J connectivity index is 2.75. The minimum atomic E-state index is 0.463. The number of unbranched alkanes of at least 4 members (excludes halogenated alkanes) is 1. The Kier molecular flexibility index (Phi) is 6.42. The zero-order valence-electron chi connectivity index (χ0n) is 12.7. The molecule has 0 saturated carbocycles. The number of hydrogen-bond acceptors (Lipinski definition) is 1. The van der Waals surface area contributed by atoms with Gasteiger partial charge in [-0.15, -0.1) is 0 Å². The summed E-state index contributed by atoms with van der Waals surface area (Å²) in [5.74, 6) is 1.35. The lowest BCUT2D eigenvalue weighted by molar-refractivity contribution is 0.317. The van der Waals surface area contributed by atoms with Crippen molar-refractivity contribution in [3.63, 3.8) is 0 Å². The van der Waals surface area contributed by atoms with Crippen molar-refractivity contribution in [1.29, 1.82) is 0 Å². The summed E-state index contributed by atoms with van der Waals surface area (Å²) in [6, 6.07) is 9.64. The molecular formula is C17H29N. The molecule has 0 aliphatic rings. The van der Waals surface area contributed by atoms with Crippen LogP contribution in [0.4, 0.5) is 0 Å². The minimum absolute atomic E-state index is 0.463. The number of hydrogen-bond donors (Lipinski definition) is 1. The minimum Gasteiger partial charge on any atom is -0.313 e. The van der Waals surface area contributed by atoms with Gasteiger partial charge in [0.05, 0.1) is 0 Å². The standard InChI is InChI=1S/C17H29N/c1-6-7-8-15-9-11-16(12-10-15)17(18-5)14(4)13(2)3/h9-14,17-18H,6-8H2,1-5H3. The quantitative estimate of drug-likeness (QED) is 0.743. The molecule has 102 valence electrons. The zero-order chi connectivity index (χ0) is 13.5. The summed E-state index contributed by atoms with van der Waals surface area (Å²) in [5.41, 5.74) is 2.88. The molecule has 0 aliphatic heterocycles. The molecule has 0 aromatic heterocycles. The van der Waals surface area contributed by atoms with Crippen LogP contribution in [0.1, 0.15) is 57.7 Å². The van der Waals surface area contributed by atoms with E-state index in [-0.39, 0.29) is 0 Å². The number of rotatable bonds is 7. The van der Waals surface area contributed by atoms with Crippen molar-refractivity contribution >= 4 is 0 Å². The normalized spacial score (nSPS) is 14.8. The topological polar surface area (TPSA) is 12.0 Å². The largest absolute Gasteiger partial charge is 0.313 e. The first kappa shape index (κ1) is 15.2. The van der Waals surface area contributed by atoms with Crippen LogP contribution in [0.15, 0.2) is 24.3 Å². The lowest BCUT2D eigenvalue weighted by atomic mass is 9.86. The number of aryl methyl sites for hydroxylation is 1. The molecule has 0 heterocycles. The summed E-state index contributed by atoms with van der Waals surface area (Å²) in [6.45, 7) is 9.17. The summed E-state index contributed by atoms with van der Waals surface area (Å²) in [5, 5.41) is 3.46. The van der Waals surface area contributed by atoms with Crippen molar-refractivity contribution in [2.75, 3.05) is 7.05 Å². The summed E-state index contributed by atoms with van der Waals surface area (Å²) >= 11 is 0. The highest BCUT2D eigenvalue weighted by molar-refractivity contribution is 5.25. The molecule has 1 aromatic rings. The molecule has 0 spiro atoms. The molecule has 0 amide bonds. The Hall–Kier alpha value is -0.820. The highest BCUT2D eigenvalue weighted by Crippen LogP contribution is 2.27. The molecule has 0 saturated heterocycles. The molecule has 18 heavy (non-hydrogen) atoms. The molecule has 0 fully saturated rings. The van der Waals surface area contributed by atoms with Crippen molar-refractivity contribution in [2.45, 2.75) is 53.0 Å². The van der Waals surface area contributed by atoms with Crippen molar-refractivity contribution < 1.29 is 0 Å². The molecule has 2 atom stereocenters. The third kappa shape index (κ3) is 4.13. The van der Waals surface area contributed by atoms with Crippen LogP contribution >= 0.6 is 0 Å². The lowest BCUT2D eigenvalue weighted by Crippen LogP contribution is -2.26. The van der Waals surface area contributed by atoms with Crippen molar-refractivity contribution in [3.05, 3.63) is 35.4 Å². The van der Waals surface area contributed by atoms with Gasteiger partial charge in [-0.3, -0.25) is 0 Å². The van der Waals surface area contributed by atoms with Gasteiger partial charge in [0.1, 0.15) is 0 Å². The van der Waals surface area contributed by atoms with E-state index < -0.39 is 0 Å². The fourth-order valence-corrected chi connectivity index (χ4v) is 2.39. The molecule has 1 nitrogen and oxygen atoms in total. The van der Waals surface area contributed by atoms with Gasteiger partial charge in [-0.05, 0) is 42.9 Å².